The highest BCUT2D eigenvalue weighted by molar-refractivity contribution is 7.89. The molecule has 1 aromatic heterocycles. The van der Waals surface area contributed by atoms with Crippen LogP contribution in [0.1, 0.15) is 25.3 Å². The van der Waals surface area contributed by atoms with E-state index in [0.717, 1.165) is 18.4 Å². The highest BCUT2D eigenvalue weighted by atomic mass is 32.2. The van der Waals surface area contributed by atoms with Crippen LogP contribution < -0.4 is 4.74 Å². The van der Waals surface area contributed by atoms with Gasteiger partial charge in [-0.05, 0) is 55.7 Å². The maximum atomic E-state index is 13.0. The fourth-order valence-electron chi connectivity index (χ4n) is 3.74. The summed E-state index contributed by atoms with van der Waals surface area (Å²) in [6.45, 7) is 2.93. The van der Waals surface area contributed by atoms with Crippen LogP contribution >= 0.6 is 0 Å². The Kier molecular flexibility index (Phi) is 4.48. The minimum absolute atomic E-state index is 0.104. The van der Waals surface area contributed by atoms with Crippen LogP contribution in [0.2, 0.25) is 0 Å². The molecule has 1 aliphatic rings. The number of hydrogen-bond donors (Lipinski definition) is 1. The van der Waals surface area contributed by atoms with Crippen LogP contribution in [0.15, 0.2) is 59.6 Å². The van der Waals surface area contributed by atoms with E-state index in [1.54, 1.807) is 31.3 Å². The summed E-state index contributed by atoms with van der Waals surface area (Å²) in [5.74, 6) is 0.677. The molecule has 27 heavy (non-hydrogen) atoms. The van der Waals surface area contributed by atoms with Gasteiger partial charge < -0.3 is 9.72 Å². The van der Waals surface area contributed by atoms with Crippen LogP contribution in [0.3, 0.4) is 0 Å². The van der Waals surface area contributed by atoms with Gasteiger partial charge in [-0.2, -0.15) is 0 Å². The van der Waals surface area contributed by atoms with Gasteiger partial charge >= 0.3 is 0 Å². The largest absolute Gasteiger partial charge is 0.494 e. The predicted molar refractivity (Wildman–Crippen MR) is 107 cm³/mol. The van der Waals surface area contributed by atoms with Crippen LogP contribution in [0.25, 0.3) is 10.9 Å². The second-order valence-corrected chi connectivity index (χ2v) is 9.24. The van der Waals surface area contributed by atoms with Crippen molar-refractivity contribution in [3.05, 3.63) is 60.3 Å². The van der Waals surface area contributed by atoms with E-state index in [4.69, 9.17) is 4.74 Å². The monoisotopic (exact) mass is 384 g/mol. The van der Waals surface area contributed by atoms with Crippen LogP contribution in [-0.2, 0) is 15.4 Å². The number of aromatic nitrogens is 1. The third-order valence-corrected chi connectivity index (χ3v) is 7.20. The smallest absolute Gasteiger partial charge is 0.242 e. The molecule has 1 N–H and O–H groups in total. The topological polar surface area (TPSA) is 62.4 Å². The quantitative estimate of drug-likeness (QED) is 0.672. The Balaban J connectivity index is 1.58. The standard InChI is InChI=1S/C21H24N2O3S/c1-3-26-16-8-10-17(11-9-16)27(24,25)23(2)15-21(12-13-21)19-14-22-20-7-5-4-6-18(19)20/h4-11,14,22H,3,12-13,15H2,1-2H3. The van der Waals surface area contributed by atoms with Gasteiger partial charge in [0, 0.05) is 36.1 Å². The van der Waals surface area contributed by atoms with E-state index in [1.807, 2.05) is 25.3 Å². The molecule has 0 unspecified atom stereocenters. The fraction of sp³-hybridized carbons (Fsp3) is 0.333. The van der Waals surface area contributed by atoms with Gasteiger partial charge in [-0.15, -0.1) is 0 Å². The lowest BCUT2D eigenvalue weighted by Gasteiger charge is -2.23. The number of ether oxygens (including phenoxy) is 1. The molecule has 6 heteroatoms. The number of likely N-dealkylation sites (N-methyl/N-ethyl adjacent to an activating group) is 1. The summed E-state index contributed by atoms with van der Waals surface area (Å²) < 4.78 is 32.9. The average Bonchev–Trinajstić information content (AvgIpc) is 3.30. The number of hydrogen-bond acceptors (Lipinski definition) is 3. The SMILES string of the molecule is CCOc1ccc(S(=O)(=O)N(C)CC2(c3c[nH]c4ccccc34)CC2)cc1. The third kappa shape index (κ3) is 3.24. The van der Waals surface area contributed by atoms with Gasteiger partial charge in [0.2, 0.25) is 10.0 Å². The van der Waals surface area contributed by atoms with Crippen molar-refractivity contribution in [2.24, 2.45) is 0 Å². The molecule has 0 bridgehead atoms. The number of nitrogens with zero attached hydrogens (tertiary/aromatic N) is 1. The number of sulfonamides is 1. The second-order valence-electron chi connectivity index (χ2n) is 7.19. The van der Waals surface area contributed by atoms with Crippen LogP contribution in [0, 0.1) is 0 Å². The van der Waals surface area contributed by atoms with E-state index in [0.29, 0.717) is 23.8 Å². The summed E-state index contributed by atoms with van der Waals surface area (Å²) in [6.07, 6.45) is 4.03. The van der Waals surface area contributed by atoms with E-state index in [9.17, 15) is 8.42 Å². The van der Waals surface area contributed by atoms with Gasteiger partial charge in [0.1, 0.15) is 5.75 Å². The first-order valence-corrected chi connectivity index (χ1v) is 10.7. The van der Waals surface area contributed by atoms with Crippen molar-refractivity contribution >= 4 is 20.9 Å². The summed E-state index contributed by atoms with van der Waals surface area (Å²) in [5.41, 5.74) is 2.20. The van der Waals surface area contributed by atoms with Crippen molar-refractivity contribution in [3.63, 3.8) is 0 Å². The zero-order chi connectivity index (χ0) is 19.1. The molecule has 0 saturated heterocycles. The van der Waals surface area contributed by atoms with E-state index in [-0.39, 0.29) is 5.41 Å². The first-order chi connectivity index (χ1) is 13.0. The van der Waals surface area contributed by atoms with Crippen molar-refractivity contribution in [2.75, 3.05) is 20.2 Å². The number of aromatic amines is 1. The summed E-state index contributed by atoms with van der Waals surface area (Å²) >= 11 is 0. The van der Waals surface area contributed by atoms with Crippen molar-refractivity contribution in [1.82, 2.24) is 9.29 Å². The molecule has 1 fully saturated rings. The number of fused-ring (bicyclic) bond motifs is 1. The molecule has 1 heterocycles. The third-order valence-electron chi connectivity index (χ3n) is 5.38. The molecule has 0 spiro atoms. The van der Waals surface area contributed by atoms with E-state index < -0.39 is 10.0 Å². The van der Waals surface area contributed by atoms with Gasteiger partial charge in [-0.1, -0.05) is 18.2 Å². The lowest BCUT2D eigenvalue weighted by Crippen LogP contribution is -2.34. The molecule has 142 valence electrons. The molecule has 0 aliphatic heterocycles. The van der Waals surface area contributed by atoms with Gasteiger partial charge in [0.25, 0.3) is 0 Å². The normalized spacial score (nSPS) is 16.0. The van der Waals surface area contributed by atoms with E-state index >= 15 is 0 Å². The fourth-order valence-corrected chi connectivity index (χ4v) is 5.00. The van der Waals surface area contributed by atoms with Crippen molar-refractivity contribution in [3.8, 4) is 5.75 Å². The Morgan fingerprint density at radius 3 is 2.48 bits per heavy atom. The van der Waals surface area contributed by atoms with Crippen molar-refractivity contribution in [1.29, 1.82) is 0 Å². The lowest BCUT2D eigenvalue weighted by molar-refractivity contribution is 0.340. The van der Waals surface area contributed by atoms with Gasteiger partial charge in [0.15, 0.2) is 0 Å². The molecule has 4 rings (SSSR count). The van der Waals surface area contributed by atoms with Crippen LogP contribution in [0.5, 0.6) is 5.75 Å². The van der Waals surface area contributed by atoms with Crippen LogP contribution in [0.4, 0.5) is 0 Å². The zero-order valence-electron chi connectivity index (χ0n) is 15.6. The predicted octanol–water partition coefficient (Wildman–Crippen LogP) is 3.92. The summed E-state index contributed by atoms with van der Waals surface area (Å²) in [4.78, 5) is 3.61. The van der Waals surface area contributed by atoms with Gasteiger partial charge in [-0.3, -0.25) is 0 Å². The highest BCUT2D eigenvalue weighted by Gasteiger charge is 2.48. The number of H-pyrrole nitrogens is 1. The summed E-state index contributed by atoms with van der Waals surface area (Å²) in [6, 6.07) is 14.8. The van der Waals surface area contributed by atoms with Crippen molar-refractivity contribution in [2.45, 2.75) is 30.1 Å². The maximum absolute atomic E-state index is 13.0. The number of rotatable bonds is 7. The highest BCUT2D eigenvalue weighted by Crippen LogP contribution is 2.51. The Labute approximate surface area is 160 Å². The zero-order valence-corrected chi connectivity index (χ0v) is 16.4. The van der Waals surface area contributed by atoms with Crippen LogP contribution in [-0.4, -0.2) is 37.9 Å². The molecule has 1 aliphatic carbocycles. The minimum atomic E-state index is -3.54. The Bertz CT molecular complexity index is 1050. The minimum Gasteiger partial charge on any atom is -0.494 e. The molecule has 2 aromatic carbocycles. The van der Waals surface area contributed by atoms with E-state index in [2.05, 4.69) is 17.1 Å². The number of benzene rings is 2. The maximum Gasteiger partial charge on any atom is 0.242 e. The van der Waals surface area contributed by atoms with Crippen molar-refractivity contribution < 1.29 is 13.2 Å². The number of nitrogens with one attached hydrogen (secondary N) is 1. The average molecular weight is 385 g/mol. The molecule has 5 nitrogen and oxygen atoms in total. The summed E-state index contributed by atoms with van der Waals surface area (Å²) in [7, 11) is -1.87. The van der Waals surface area contributed by atoms with Gasteiger partial charge in [0.05, 0.1) is 11.5 Å². The molecule has 1 saturated carbocycles. The molecular weight excluding hydrogens is 360 g/mol. The Morgan fingerprint density at radius 2 is 1.81 bits per heavy atom. The number of para-hydroxylation sites is 1. The Morgan fingerprint density at radius 1 is 1.11 bits per heavy atom. The summed E-state index contributed by atoms with van der Waals surface area (Å²) in [5, 5.41) is 1.18. The first-order valence-electron chi connectivity index (χ1n) is 9.22. The molecule has 0 radical (unpaired) electrons. The van der Waals surface area contributed by atoms with E-state index in [1.165, 1.54) is 15.3 Å². The first kappa shape index (κ1) is 18.1. The molecule has 3 aromatic rings. The molecular formula is C21H24N2O3S. The molecule has 0 amide bonds. The second kappa shape index (κ2) is 6.69. The van der Waals surface area contributed by atoms with Gasteiger partial charge in [-0.25, -0.2) is 12.7 Å². The molecule has 0 atom stereocenters. The Hall–Kier alpha value is -2.31. The lowest BCUT2D eigenvalue weighted by atomic mass is 9.95.